The number of fused-ring (bicyclic) bond motifs is 1. The highest BCUT2D eigenvalue weighted by Crippen LogP contribution is 2.29. The lowest BCUT2D eigenvalue weighted by molar-refractivity contribution is -0.136. The van der Waals surface area contributed by atoms with Crippen molar-refractivity contribution >= 4 is 62.4 Å². The van der Waals surface area contributed by atoms with Gasteiger partial charge in [-0.3, -0.25) is 4.79 Å². The summed E-state index contributed by atoms with van der Waals surface area (Å²) in [6, 6.07) is 4.91. The summed E-state index contributed by atoms with van der Waals surface area (Å²) < 4.78 is 5.14. The van der Waals surface area contributed by atoms with Crippen molar-refractivity contribution < 1.29 is 9.53 Å². The number of hydrogen-bond donors (Lipinski definition) is 1. The van der Waals surface area contributed by atoms with Gasteiger partial charge in [-0.1, -0.05) is 29.3 Å². The van der Waals surface area contributed by atoms with Crippen LogP contribution in [-0.2, 0) is 9.53 Å². The summed E-state index contributed by atoms with van der Waals surface area (Å²) in [5.74, 6) is -0.464. The summed E-state index contributed by atoms with van der Waals surface area (Å²) in [5, 5.41) is 1.39. The topological polar surface area (TPSA) is 72.0 Å². The van der Waals surface area contributed by atoms with Gasteiger partial charge in [-0.15, -0.1) is 11.3 Å². The first-order valence-corrected chi connectivity index (χ1v) is 9.73. The zero-order chi connectivity index (χ0) is 19.7. The van der Waals surface area contributed by atoms with Crippen LogP contribution in [0.5, 0.6) is 0 Å². The number of thiophene rings is 1. The molecule has 3 rings (SSSR count). The number of halogens is 2. The van der Waals surface area contributed by atoms with Crippen LogP contribution in [0.25, 0.3) is 21.9 Å². The average Bonchev–Trinajstić information content (AvgIpc) is 2.89. The molecule has 0 amide bonds. The minimum absolute atomic E-state index is 0.115. The first-order chi connectivity index (χ1) is 12.8. The highest BCUT2D eigenvalue weighted by molar-refractivity contribution is 7.18. The van der Waals surface area contributed by atoms with E-state index < -0.39 is 5.97 Å². The smallest absolute Gasteiger partial charge is 0.341 e. The number of aryl methyl sites for hydroxylation is 2. The quantitative estimate of drug-likeness (QED) is 0.473. The zero-order valence-electron chi connectivity index (χ0n) is 14.9. The molecule has 3 aromatic rings. The molecule has 2 aromatic heterocycles. The van der Waals surface area contributed by atoms with Crippen LogP contribution in [0.3, 0.4) is 0 Å². The molecule has 2 heterocycles. The minimum Gasteiger partial charge on any atom is -0.462 e. The lowest BCUT2D eigenvalue weighted by Crippen LogP contribution is -2.15. The third-order valence-electron chi connectivity index (χ3n) is 4.05. The number of esters is 1. The van der Waals surface area contributed by atoms with Crippen LogP contribution in [0, 0.1) is 13.8 Å². The SMILES string of the molecule is CCOC(=O)/C(=C\c1ccc(Cl)cc1Cl)c1nc2sc(C)c(C)c2c(=O)[nH]1. The zero-order valence-corrected chi connectivity index (χ0v) is 17.2. The number of rotatable bonds is 4. The summed E-state index contributed by atoms with van der Waals surface area (Å²) in [6.07, 6.45) is 1.54. The molecule has 0 radical (unpaired) electrons. The Morgan fingerprint density at radius 1 is 1.33 bits per heavy atom. The van der Waals surface area contributed by atoms with Crippen molar-refractivity contribution in [2.24, 2.45) is 0 Å². The molecule has 0 saturated heterocycles. The van der Waals surface area contributed by atoms with E-state index in [2.05, 4.69) is 9.97 Å². The van der Waals surface area contributed by atoms with E-state index in [9.17, 15) is 9.59 Å². The molecule has 0 atom stereocenters. The van der Waals surface area contributed by atoms with Gasteiger partial charge >= 0.3 is 5.97 Å². The number of nitrogens with zero attached hydrogens (tertiary/aromatic N) is 1. The summed E-state index contributed by atoms with van der Waals surface area (Å²) in [5.41, 5.74) is 1.26. The largest absolute Gasteiger partial charge is 0.462 e. The third-order valence-corrected chi connectivity index (χ3v) is 5.72. The molecule has 1 N–H and O–H groups in total. The second kappa shape index (κ2) is 7.84. The number of hydrogen-bond acceptors (Lipinski definition) is 5. The Labute approximate surface area is 169 Å². The van der Waals surface area contributed by atoms with Crippen molar-refractivity contribution in [3.8, 4) is 0 Å². The first kappa shape index (κ1) is 19.6. The van der Waals surface area contributed by atoms with Gasteiger partial charge in [0.15, 0.2) is 0 Å². The Bertz CT molecular complexity index is 1130. The fourth-order valence-corrected chi connectivity index (χ4v) is 4.08. The summed E-state index contributed by atoms with van der Waals surface area (Å²) in [7, 11) is 0. The second-order valence-electron chi connectivity index (χ2n) is 5.82. The van der Waals surface area contributed by atoms with Crippen molar-refractivity contribution in [3.05, 3.63) is 60.4 Å². The number of benzene rings is 1. The van der Waals surface area contributed by atoms with Gasteiger partial charge in [0.1, 0.15) is 16.2 Å². The Hall–Kier alpha value is -2.15. The fourth-order valence-electron chi connectivity index (χ4n) is 2.59. The average molecular weight is 423 g/mol. The standard InChI is InChI=1S/C19H16Cl2N2O3S/c1-4-26-19(25)13(7-11-5-6-12(20)8-14(11)21)16-22-17(24)15-9(2)10(3)27-18(15)23-16/h5-8H,4H2,1-3H3,(H,22,23,24)/b13-7-. The monoisotopic (exact) mass is 422 g/mol. The van der Waals surface area contributed by atoms with Crippen molar-refractivity contribution in [1.29, 1.82) is 0 Å². The van der Waals surface area contributed by atoms with Gasteiger partial charge in [0.2, 0.25) is 0 Å². The predicted octanol–water partition coefficient (Wildman–Crippen LogP) is 5.01. The molecule has 0 aliphatic carbocycles. The molecule has 0 spiro atoms. The number of aromatic nitrogens is 2. The van der Waals surface area contributed by atoms with Gasteiger partial charge in [0, 0.05) is 14.9 Å². The van der Waals surface area contributed by atoms with Crippen LogP contribution < -0.4 is 5.56 Å². The molecule has 0 fully saturated rings. The third kappa shape index (κ3) is 3.93. The highest BCUT2D eigenvalue weighted by atomic mass is 35.5. The van der Waals surface area contributed by atoms with Crippen molar-refractivity contribution in [1.82, 2.24) is 9.97 Å². The predicted molar refractivity (Wildman–Crippen MR) is 111 cm³/mol. The maximum atomic E-state index is 12.6. The lowest BCUT2D eigenvalue weighted by Gasteiger charge is -2.08. The molecule has 0 bridgehead atoms. The molecule has 140 valence electrons. The molecule has 0 saturated carbocycles. The number of aromatic amines is 1. The van der Waals surface area contributed by atoms with Gasteiger partial charge in [0.05, 0.1) is 12.0 Å². The number of carbonyl (C=O) groups is 1. The van der Waals surface area contributed by atoms with E-state index in [0.29, 0.717) is 25.8 Å². The van der Waals surface area contributed by atoms with Crippen LogP contribution >= 0.6 is 34.5 Å². The lowest BCUT2D eigenvalue weighted by atomic mass is 10.1. The van der Waals surface area contributed by atoms with Crippen LogP contribution in [0.2, 0.25) is 10.0 Å². The van der Waals surface area contributed by atoms with Crippen LogP contribution in [0.4, 0.5) is 0 Å². The molecule has 27 heavy (non-hydrogen) atoms. The van der Waals surface area contributed by atoms with Crippen LogP contribution in [0.1, 0.15) is 28.8 Å². The maximum absolute atomic E-state index is 12.6. The van der Waals surface area contributed by atoms with Crippen LogP contribution in [-0.4, -0.2) is 22.5 Å². The number of H-pyrrole nitrogens is 1. The van der Waals surface area contributed by atoms with Crippen molar-refractivity contribution in [2.75, 3.05) is 6.61 Å². The van der Waals surface area contributed by atoms with Gasteiger partial charge in [-0.25, -0.2) is 9.78 Å². The van der Waals surface area contributed by atoms with E-state index >= 15 is 0 Å². The van der Waals surface area contributed by atoms with Gasteiger partial charge in [-0.2, -0.15) is 0 Å². The van der Waals surface area contributed by atoms with Gasteiger partial charge in [0.25, 0.3) is 5.56 Å². The molecule has 5 nitrogen and oxygen atoms in total. The van der Waals surface area contributed by atoms with Crippen molar-refractivity contribution in [3.63, 3.8) is 0 Å². The Balaban J connectivity index is 2.22. The van der Waals surface area contributed by atoms with E-state index in [4.69, 9.17) is 27.9 Å². The fraction of sp³-hybridized carbons (Fsp3) is 0.211. The Kier molecular flexibility index (Phi) is 5.69. The van der Waals surface area contributed by atoms with E-state index in [1.54, 1.807) is 25.1 Å². The second-order valence-corrected chi connectivity index (χ2v) is 7.87. The van der Waals surface area contributed by atoms with Gasteiger partial charge in [-0.05, 0) is 50.1 Å². The molecule has 0 aliphatic heterocycles. The number of ether oxygens (including phenoxy) is 1. The summed E-state index contributed by atoms with van der Waals surface area (Å²) >= 11 is 13.6. The van der Waals surface area contributed by atoms with E-state index in [0.717, 1.165) is 10.4 Å². The summed E-state index contributed by atoms with van der Waals surface area (Å²) in [6.45, 7) is 5.70. The molecular formula is C19H16Cl2N2O3S. The summed E-state index contributed by atoms with van der Waals surface area (Å²) in [4.78, 5) is 33.9. The van der Waals surface area contributed by atoms with E-state index in [1.165, 1.54) is 17.4 Å². The Morgan fingerprint density at radius 2 is 2.07 bits per heavy atom. The van der Waals surface area contributed by atoms with E-state index in [1.807, 2.05) is 13.8 Å². The minimum atomic E-state index is -0.601. The molecule has 1 aromatic carbocycles. The molecular weight excluding hydrogens is 407 g/mol. The Morgan fingerprint density at radius 3 is 2.74 bits per heavy atom. The van der Waals surface area contributed by atoms with Crippen molar-refractivity contribution in [2.45, 2.75) is 20.8 Å². The number of carbonyl (C=O) groups excluding carboxylic acids is 1. The number of nitrogens with one attached hydrogen (secondary N) is 1. The van der Waals surface area contributed by atoms with Crippen LogP contribution in [0.15, 0.2) is 23.0 Å². The van der Waals surface area contributed by atoms with E-state index in [-0.39, 0.29) is 23.6 Å². The molecule has 8 heteroatoms. The maximum Gasteiger partial charge on any atom is 0.341 e. The van der Waals surface area contributed by atoms with Gasteiger partial charge < -0.3 is 9.72 Å². The normalized spacial score (nSPS) is 11.8. The molecule has 0 unspecified atom stereocenters. The molecule has 0 aliphatic rings. The highest BCUT2D eigenvalue weighted by Gasteiger charge is 2.20. The first-order valence-electron chi connectivity index (χ1n) is 8.16.